The van der Waals surface area contributed by atoms with Crippen LogP contribution in [-0.2, 0) is 35.5 Å². The Balaban J connectivity index is 0.00000320. The second kappa shape index (κ2) is 14.0. The van der Waals surface area contributed by atoms with Crippen molar-refractivity contribution in [3.05, 3.63) is 51.5 Å². The highest BCUT2D eigenvalue weighted by molar-refractivity contribution is 14.0. The van der Waals surface area contributed by atoms with Crippen LogP contribution < -0.4 is 10.6 Å². The number of thiazole rings is 1. The smallest absolute Gasteiger partial charge is 0.191 e. The van der Waals surface area contributed by atoms with Gasteiger partial charge in [0.05, 0.1) is 17.7 Å². The van der Waals surface area contributed by atoms with E-state index in [2.05, 4.69) is 51.8 Å². The first kappa shape index (κ1) is 25.0. The number of aliphatic imine (C=N–C) groups is 1. The van der Waals surface area contributed by atoms with Gasteiger partial charge < -0.3 is 20.1 Å². The van der Waals surface area contributed by atoms with Crippen LogP contribution in [0.3, 0.4) is 0 Å². The first-order valence-corrected chi connectivity index (χ1v) is 11.2. The summed E-state index contributed by atoms with van der Waals surface area (Å²) in [4.78, 5) is 10.1. The van der Waals surface area contributed by atoms with Gasteiger partial charge in [-0.3, -0.25) is 4.99 Å². The molecule has 166 valence electrons. The van der Waals surface area contributed by atoms with Gasteiger partial charge in [0.1, 0.15) is 0 Å². The lowest BCUT2D eigenvalue weighted by Crippen LogP contribution is -2.37. The van der Waals surface area contributed by atoms with Crippen molar-refractivity contribution in [2.45, 2.75) is 51.9 Å². The van der Waals surface area contributed by atoms with Crippen molar-refractivity contribution in [3.63, 3.8) is 0 Å². The quantitative estimate of drug-likeness (QED) is 0.285. The van der Waals surface area contributed by atoms with Crippen LogP contribution in [0.25, 0.3) is 0 Å². The van der Waals surface area contributed by atoms with E-state index in [1.54, 1.807) is 18.4 Å². The molecule has 1 saturated heterocycles. The van der Waals surface area contributed by atoms with Gasteiger partial charge >= 0.3 is 0 Å². The van der Waals surface area contributed by atoms with Crippen molar-refractivity contribution >= 4 is 41.3 Å². The maximum Gasteiger partial charge on any atom is 0.191 e. The number of benzene rings is 1. The molecule has 1 fully saturated rings. The second-order valence-electron chi connectivity index (χ2n) is 7.12. The Bertz CT molecular complexity index is 778. The van der Waals surface area contributed by atoms with Gasteiger partial charge in [-0.1, -0.05) is 31.2 Å². The zero-order chi connectivity index (χ0) is 20.3. The number of halogens is 1. The Morgan fingerprint density at radius 1 is 1.27 bits per heavy atom. The maximum atomic E-state index is 6.03. The van der Waals surface area contributed by atoms with Crippen molar-refractivity contribution in [1.82, 2.24) is 15.6 Å². The molecule has 0 saturated carbocycles. The summed E-state index contributed by atoms with van der Waals surface area (Å²) in [5.74, 6) is 0.807. The lowest BCUT2D eigenvalue weighted by molar-refractivity contribution is -0.0390. The van der Waals surface area contributed by atoms with Gasteiger partial charge in [0.2, 0.25) is 0 Å². The third kappa shape index (κ3) is 8.49. The molecule has 0 atom stereocenters. The largest absolute Gasteiger partial charge is 0.381 e. The van der Waals surface area contributed by atoms with Gasteiger partial charge in [-0.2, -0.15) is 0 Å². The molecule has 1 aliphatic rings. The highest BCUT2D eigenvalue weighted by atomic mass is 127. The van der Waals surface area contributed by atoms with Gasteiger partial charge in [-0.25, -0.2) is 4.98 Å². The summed E-state index contributed by atoms with van der Waals surface area (Å²) in [6.07, 6.45) is 6.23. The van der Waals surface area contributed by atoms with Crippen LogP contribution in [0.5, 0.6) is 0 Å². The number of aromatic nitrogens is 1. The average molecular weight is 545 g/mol. The molecular formula is C22H33IN4O2S. The Morgan fingerprint density at radius 3 is 2.80 bits per heavy atom. The first-order chi connectivity index (χ1) is 14.3. The minimum absolute atomic E-state index is 0. The number of ether oxygens (including phenoxy) is 2. The van der Waals surface area contributed by atoms with Crippen LogP contribution in [0, 0.1) is 0 Å². The van der Waals surface area contributed by atoms with E-state index in [4.69, 9.17) is 9.47 Å². The first-order valence-electron chi connectivity index (χ1n) is 10.4. The zero-order valence-corrected chi connectivity index (χ0v) is 21.0. The molecule has 0 spiro atoms. The summed E-state index contributed by atoms with van der Waals surface area (Å²) in [5, 5.41) is 7.92. The molecule has 1 aromatic carbocycles. The summed E-state index contributed by atoms with van der Waals surface area (Å²) < 4.78 is 11.4. The monoisotopic (exact) mass is 544 g/mol. The topological polar surface area (TPSA) is 67.8 Å². The molecule has 8 heteroatoms. The van der Waals surface area contributed by atoms with Crippen molar-refractivity contribution in [2.75, 3.05) is 26.8 Å². The third-order valence-corrected chi connectivity index (χ3v) is 6.11. The fourth-order valence-corrected chi connectivity index (χ4v) is 4.07. The summed E-state index contributed by atoms with van der Waals surface area (Å²) >= 11 is 1.79. The molecule has 30 heavy (non-hydrogen) atoms. The molecular weight excluding hydrogens is 511 g/mol. The van der Waals surface area contributed by atoms with E-state index in [9.17, 15) is 0 Å². The van der Waals surface area contributed by atoms with Gasteiger partial charge in [-0.05, 0) is 30.4 Å². The van der Waals surface area contributed by atoms with E-state index in [1.165, 1.54) is 21.0 Å². The van der Waals surface area contributed by atoms with Gasteiger partial charge in [-0.15, -0.1) is 35.3 Å². The predicted octanol–water partition coefficient (Wildman–Crippen LogP) is 3.93. The van der Waals surface area contributed by atoms with E-state index in [1.807, 2.05) is 6.20 Å². The standard InChI is InChI=1S/C22H32N4O2S.HI/c1-3-20-15-25-21(29-20)7-10-24-22(23-2)26-14-17-5-4-6-18(13-17)16-28-19-8-11-27-12-9-19;/h4-6,13,15,19H,3,7-12,14,16H2,1-2H3,(H2,23,24,26);1H. The summed E-state index contributed by atoms with van der Waals surface area (Å²) in [5.41, 5.74) is 2.42. The highest BCUT2D eigenvalue weighted by Gasteiger charge is 2.14. The van der Waals surface area contributed by atoms with Gasteiger partial charge in [0.15, 0.2) is 5.96 Å². The van der Waals surface area contributed by atoms with E-state index in [0.717, 1.165) is 57.9 Å². The normalized spacial score (nSPS) is 14.9. The molecule has 6 nitrogen and oxygen atoms in total. The Labute approximate surface area is 200 Å². The number of guanidine groups is 1. The molecule has 0 bridgehead atoms. The van der Waals surface area contributed by atoms with Crippen LogP contribution in [0.4, 0.5) is 0 Å². The lowest BCUT2D eigenvalue weighted by Gasteiger charge is -2.22. The summed E-state index contributed by atoms with van der Waals surface area (Å²) in [6, 6.07) is 8.53. The number of aryl methyl sites for hydroxylation is 1. The summed E-state index contributed by atoms with van der Waals surface area (Å²) in [6.45, 7) is 5.97. The predicted molar refractivity (Wildman–Crippen MR) is 134 cm³/mol. The van der Waals surface area contributed by atoms with E-state index >= 15 is 0 Å². The van der Waals surface area contributed by atoms with Crippen LogP contribution in [0.15, 0.2) is 35.5 Å². The van der Waals surface area contributed by atoms with Crippen molar-refractivity contribution in [2.24, 2.45) is 4.99 Å². The fraction of sp³-hybridized carbons (Fsp3) is 0.545. The molecule has 2 heterocycles. The molecule has 2 N–H and O–H groups in total. The van der Waals surface area contributed by atoms with E-state index in [0.29, 0.717) is 12.7 Å². The Morgan fingerprint density at radius 2 is 2.07 bits per heavy atom. The maximum absolute atomic E-state index is 6.03. The molecule has 0 amide bonds. The van der Waals surface area contributed by atoms with Crippen LogP contribution in [-0.4, -0.2) is 43.9 Å². The third-order valence-electron chi connectivity index (χ3n) is 4.91. The van der Waals surface area contributed by atoms with E-state index in [-0.39, 0.29) is 24.0 Å². The fourth-order valence-electron chi connectivity index (χ4n) is 3.21. The molecule has 1 aromatic heterocycles. The average Bonchev–Trinajstić information content (AvgIpc) is 3.24. The number of hydrogen-bond donors (Lipinski definition) is 2. The van der Waals surface area contributed by atoms with Crippen molar-refractivity contribution < 1.29 is 9.47 Å². The molecule has 3 rings (SSSR count). The van der Waals surface area contributed by atoms with Crippen LogP contribution >= 0.6 is 35.3 Å². The van der Waals surface area contributed by atoms with E-state index < -0.39 is 0 Å². The minimum Gasteiger partial charge on any atom is -0.381 e. The number of nitrogens with zero attached hydrogens (tertiary/aromatic N) is 2. The number of rotatable bonds is 9. The Kier molecular flexibility index (Phi) is 11.6. The van der Waals surface area contributed by atoms with Crippen molar-refractivity contribution in [3.8, 4) is 0 Å². The van der Waals surface area contributed by atoms with Gasteiger partial charge in [0.25, 0.3) is 0 Å². The molecule has 0 unspecified atom stereocenters. The Hall–Kier alpha value is -1.23. The SMILES string of the molecule is CCc1cnc(CCNC(=NC)NCc2cccc(COC3CCOCC3)c2)s1.I. The highest BCUT2D eigenvalue weighted by Crippen LogP contribution is 2.15. The second-order valence-corrected chi connectivity index (χ2v) is 8.32. The number of nitrogens with one attached hydrogen (secondary N) is 2. The van der Waals surface area contributed by atoms with Gasteiger partial charge in [0, 0.05) is 50.8 Å². The minimum atomic E-state index is 0. The molecule has 0 aliphatic carbocycles. The number of hydrogen-bond acceptors (Lipinski definition) is 5. The zero-order valence-electron chi connectivity index (χ0n) is 17.9. The summed E-state index contributed by atoms with van der Waals surface area (Å²) in [7, 11) is 1.80. The molecule has 0 radical (unpaired) electrons. The van der Waals surface area contributed by atoms with Crippen molar-refractivity contribution in [1.29, 1.82) is 0 Å². The van der Waals surface area contributed by atoms with Crippen LogP contribution in [0.1, 0.15) is 40.8 Å². The van der Waals surface area contributed by atoms with Crippen LogP contribution in [0.2, 0.25) is 0 Å². The lowest BCUT2D eigenvalue weighted by atomic mass is 10.1. The molecule has 2 aromatic rings. The molecule has 1 aliphatic heterocycles.